The molecule has 2 heterocycles. The van der Waals surface area contributed by atoms with Crippen LogP contribution < -0.4 is 5.56 Å². The van der Waals surface area contributed by atoms with Crippen LogP contribution in [0.25, 0.3) is 28.0 Å². The standard InChI is InChI=1S/C23H14Cl2N4O2S/c24-15-11-9-14(10-12-15)21-28-27-20(31-21)13-32-23-26-18-7-3-1-5-16(18)22(30)29(23)19-8-4-2-6-17(19)25/h1-12H,13H2. The number of para-hydroxylation sites is 2. The maximum atomic E-state index is 13.3. The number of hydrogen-bond donors (Lipinski definition) is 0. The van der Waals surface area contributed by atoms with Crippen molar-refractivity contribution in [2.24, 2.45) is 0 Å². The van der Waals surface area contributed by atoms with Crippen LogP contribution in [0, 0.1) is 0 Å². The number of hydrogen-bond acceptors (Lipinski definition) is 6. The molecule has 0 aliphatic heterocycles. The summed E-state index contributed by atoms with van der Waals surface area (Å²) >= 11 is 13.7. The molecule has 0 spiro atoms. The lowest BCUT2D eigenvalue weighted by Crippen LogP contribution is -2.22. The molecule has 0 bridgehead atoms. The summed E-state index contributed by atoms with van der Waals surface area (Å²) in [6, 6.07) is 21.5. The van der Waals surface area contributed by atoms with E-state index in [1.807, 2.05) is 42.5 Å². The van der Waals surface area contributed by atoms with Gasteiger partial charge in [-0.05, 0) is 48.5 Å². The van der Waals surface area contributed by atoms with Crippen LogP contribution in [-0.4, -0.2) is 19.7 Å². The van der Waals surface area contributed by atoms with Crippen LogP contribution in [0.15, 0.2) is 87.2 Å². The third-order valence-corrected chi connectivity index (χ3v) is 6.22. The van der Waals surface area contributed by atoms with E-state index in [4.69, 9.17) is 32.6 Å². The largest absolute Gasteiger partial charge is 0.420 e. The smallest absolute Gasteiger partial charge is 0.266 e. The predicted molar refractivity (Wildman–Crippen MR) is 127 cm³/mol. The lowest BCUT2D eigenvalue weighted by molar-refractivity contribution is 0.528. The number of thioether (sulfide) groups is 1. The van der Waals surface area contributed by atoms with Crippen molar-refractivity contribution in [1.82, 2.24) is 19.7 Å². The molecule has 9 heteroatoms. The maximum absolute atomic E-state index is 13.3. The average Bonchev–Trinajstić information content (AvgIpc) is 3.28. The average molecular weight is 481 g/mol. The van der Waals surface area contributed by atoms with E-state index in [0.717, 1.165) is 5.56 Å². The van der Waals surface area contributed by atoms with Crippen molar-refractivity contribution in [3.63, 3.8) is 0 Å². The molecular weight excluding hydrogens is 467 g/mol. The van der Waals surface area contributed by atoms with E-state index in [-0.39, 0.29) is 5.56 Å². The summed E-state index contributed by atoms with van der Waals surface area (Å²) in [6.45, 7) is 0. The molecule has 0 fully saturated rings. The summed E-state index contributed by atoms with van der Waals surface area (Å²) in [5, 5.41) is 10.3. The Morgan fingerprint density at radius 3 is 2.47 bits per heavy atom. The van der Waals surface area contributed by atoms with Crippen molar-refractivity contribution in [3.8, 4) is 17.1 Å². The number of benzene rings is 3. The molecule has 5 rings (SSSR count). The van der Waals surface area contributed by atoms with Gasteiger partial charge in [-0.1, -0.05) is 59.2 Å². The van der Waals surface area contributed by atoms with Crippen molar-refractivity contribution in [2.75, 3.05) is 0 Å². The normalized spacial score (nSPS) is 11.2. The van der Waals surface area contributed by atoms with Gasteiger partial charge in [0.15, 0.2) is 5.16 Å². The van der Waals surface area contributed by atoms with Gasteiger partial charge in [-0.15, -0.1) is 10.2 Å². The molecule has 0 aliphatic rings. The van der Waals surface area contributed by atoms with Crippen molar-refractivity contribution >= 4 is 45.9 Å². The van der Waals surface area contributed by atoms with Gasteiger partial charge in [0.25, 0.3) is 5.56 Å². The molecule has 0 unspecified atom stereocenters. The van der Waals surface area contributed by atoms with E-state index in [1.165, 1.54) is 16.3 Å². The van der Waals surface area contributed by atoms with Gasteiger partial charge in [0, 0.05) is 10.6 Å². The first-order valence-corrected chi connectivity index (χ1v) is 11.3. The Morgan fingerprint density at radius 1 is 0.906 bits per heavy atom. The van der Waals surface area contributed by atoms with Gasteiger partial charge in [-0.25, -0.2) is 4.98 Å². The number of nitrogens with zero attached hydrogens (tertiary/aromatic N) is 4. The summed E-state index contributed by atoms with van der Waals surface area (Å²) in [5.74, 6) is 1.14. The molecule has 0 N–H and O–H groups in total. The van der Waals surface area contributed by atoms with Crippen molar-refractivity contribution in [1.29, 1.82) is 0 Å². The van der Waals surface area contributed by atoms with Crippen molar-refractivity contribution in [3.05, 3.63) is 99.1 Å². The minimum atomic E-state index is -0.196. The SMILES string of the molecule is O=c1c2ccccc2nc(SCc2nnc(-c3ccc(Cl)cc3)o2)n1-c1ccccc1Cl. The van der Waals surface area contributed by atoms with Crippen LogP contribution in [0.5, 0.6) is 0 Å². The van der Waals surface area contributed by atoms with E-state index in [2.05, 4.69) is 10.2 Å². The van der Waals surface area contributed by atoms with Gasteiger partial charge in [-0.3, -0.25) is 9.36 Å². The monoisotopic (exact) mass is 480 g/mol. The maximum Gasteiger partial charge on any atom is 0.266 e. The molecule has 2 aromatic heterocycles. The Balaban J connectivity index is 1.52. The van der Waals surface area contributed by atoms with Gasteiger partial charge < -0.3 is 4.42 Å². The van der Waals surface area contributed by atoms with E-state index < -0.39 is 0 Å². The van der Waals surface area contributed by atoms with Gasteiger partial charge in [-0.2, -0.15) is 0 Å². The molecule has 32 heavy (non-hydrogen) atoms. The topological polar surface area (TPSA) is 73.8 Å². The second-order valence-electron chi connectivity index (χ2n) is 6.80. The molecule has 0 aliphatic carbocycles. The molecule has 0 saturated heterocycles. The molecular formula is C23H14Cl2N4O2S. The fraction of sp³-hybridized carbons (Fsp3) is 0.0435. The second-order valence-corrected chi connectivity index (χ2v) is 8.59. The molecule has 0 amide bonds. The van der Waals surface area contributed by atoms with Crippen LogP contribution in [-0.2, 0) is 5.75 Å². The van der Waals surface area contributed by atoms with Crippen molar-refractivity contribution < 1.29 is 4.42 Å². The molecule has 158 valence electrons. The summed E-state index contributed by atoms with van der Waals surface area (Å²) in [4.78, 5) is 18.0. The lowest BCUT2D eigenvalue weighted by Gasteiger charge is -2.13. The first-order chi connectivity index (χ1) is 15.6. The minimum Gasteiger partial charge on any atom is -0.420 e. The fourth-order valence-electron chi connectivity index (χ4n) is 3.20. The van der Waals surface area contributed by atoms with Gasteiger partial charge >= 0.3 is 0 Å². The first kappa shape index (κ1) is 20.8. The van der Waals surface area contributed by atoms with Crippen LogP contribution in [0.3, 0.4) is 0 Å². The van der Waals surface area contributed by atoms with Gasteiger partial charge in [0.2, 0.25) is 11.8 Å². The van der Waals surface area contributed by atoms with E-state index in [0.29, 0.717) is 49.3 Å². The zero-order valence-corrected chi connectivity index (χ0v) is 18.7. The highest BCUT2D eigenvalue weighted by Crippen LogP contribution is 2.28. The highest BCUT2D eigenvalue weighted by molar-refractivity contribution is 7.98. The highest BCUT2D eigenvalue weighted by Gasteiger charge is 2.17. The zero-order valence-electron chi connectivity index (χ0n) is 16.4. The minimum absolute atomic E-state index is 0.196. The molecule has 3 aromatic carbocycles. The number of aromatic nitrogens is 4. The lowest BCUT2D eigenvalue weighted by atomic mass is 10.2. The Hall–Kier alpha value is -3.13. The Labute approximate surface area is 196 Å². The number of fused-ring (bicyclic) bond motifs is 1. The van der Waals surface area contributed by atoms with E-state index in [1.54, 1.807) is 30.3 Å². The Bertz CT molecular complexity index is 1480. The number of halogens is 2. The second kappa shape index (κ2) is 8.78. The Morgan fingerprint density at radius 2 is 1.66 bits per heavy atom. The first-order valence-electron chi connectivity index (χ1n) is 9.58. The summed E-state index contributed by atoms with van der Waals surface area (Å²) in [6.07, 6.45) is 0. The fourth-order valence-corrected chi connectivity index (χ4v) is 4.39. The van der Waals surface area contributed by atoms with Crippen LogP contribution >= 0.6 is 35.0 Å². The third kappa shape index (κ3) is 4.02. The Kier molecular flexibility index (Phi) is 5.70. The van der Waals surface area contributed by atoms with E-state index in [9.17, 15) is 4.79 Å². The zero-order chi connectivity index (χ0) is 22.1. The highest BCUT2D eigenvalue weighted by atomic mass is 35.5. The summed E-state index contributed by atoms with van der Waals surface area (Å²) in [5.41, 5.74) is 1.75. The summed E-state index contributed by atoms with van der Waals surface area (Å²) in [7, 11) is 0. The molecule has 0 radical (unpaired) electrons. The number of rotatable bonds is 5. The van der Waals surface area contributed by atoms with Crippen LogP contribution in [0.1, 0.15) is 5.89 Å². The predicted octanol–water partition coefficient (Wildman–Crippen LogP) is 6.03. The molecule has 0 saturated carbocycles. The molecule has 5 aromatic rings. The molecule has 0 atom stereocenters. The summed E-state index contributed by atoms with van der Waals surface area (Å²) < 4.78 is 7.31. The van der Waals surface area contributed by atoms with Gasteiger partial charge in [0.05, 0.1) is 27.4 Å². The van der Waals surface area contributed by atoms with Crippen LogP contribution in [0.2, 0.25) is 10.0 Å². The quantitative estimate of drug-likeness (QED) is 0.225. The molecule has 6 nitrogen and oxygen atoms in total. The van der Waals surface area contributed by atoms with Crippen LogP contribution in [0.4, 0.5) is 0 Å². The van der Waals surface area contributed by atoms with Gasteiger partial charge in [0.1, 0.15) is 0 Å². The van der Waals surface area contributed by atoms with Crippen molar-refractivity contribution in [2.45, 2.75) is 10.9 Å². The van der Waals surface area contributed by atoms with E-state index >= 15 is 0 Å². The third-order valence-electron chi connectivity index (χ3n) is 4.72.